The van der Waals surface area contributed by atoms with Gasteiger partial charge in [0.1, 0.15) is 0 Å². The van der Waals surface area contributed by atoms with Crippen LogP contribution in [0, 0.1) is 0 Å². The zero-order valence-corrected chi connectivity index (χ0v) is 14.4. The molecule has 120 valence electrons. The molecule has 1 aromatic rings. The largest absolute Gasteiger partial charge is 0.375 e. The second-order valence-corrected chi connectivity index (χ2v) is 7.47. The zero-order chi connectivity index (χ0) is 16.1. The van der Waals surface area contributed by atoms with E-state index in [1.54, 1.807) is 19.2 Å². The van der Waals surface area contributed by atoms with E-state index >= 15 is 0 Å². The second-order valence-electron chi connectivity index (χ2n) is 5.30. The van der Waals surface area contributed by atoms with Crippen LogP contribution >= 0.6 is 11.6 Å². The molecule has 1 aromatic carbocycles. The van der Waals surface area contributed by atoms with Gasteiger partial charge in [0.2, 0.25) is 10.0 Å². The molecule has 0 aliphatic heterocycles. The van der Waals surface area contributed by atoms with E-state index in [0.717, 1.165) is 5.56 Å². The maximum Gasteiger partial charge on any atom is 0.240 e. The highest BCUT2D eigenvalue weighted by Gasteiger charge is 2.23. The molecule has 0 aliphatic carbocycles. The van der Waals surface area contributed by atoms with E-state index in [0.29, 0.717) is 18.2 Å². The number of ether oxygens (including phenoxy) is 1. The molecular formula is C14H23ClN2O3S. The summed E-state index contributed by atoms with van der Waals surface area (Å²) < 4.78 is 32.7. The Morgan fingerprint density at radius 3 is 2.57 bits per heavy atom. The lowest BCUT2D eigenvalue weighted by Crippen LogP contribution is -2.40. The summed E-state index contributed by atoms with van der Waals surface area (Å²) in [4.78, 5) is 0.199. The van der Waals surface area contributed by atoms with Crippen LogP contribution in [0.4, 0.5) is 0 Å². The average Bonchev–Trinajstić information content (AvgIpc) is 2.39. The van der Waals surface area contributed by atoms with Gasteiger partial charge in [-0.1, -0.05) is 11.6 Å². The molecule has 0 spiro atoms. The van der Waals surface area contributed by atoms with Crippen LogP contribution in [0.25, 0.3) is 0 Å². The topological polar surface area (TPSA) is 67.4 Å². The standard InChI is InChI=1S/C14H23ClN2O3S/c1-5-20-14(2,3)10-17-21(18,19)12-6-7-13(15)11(8-12)9-16-4/h6-8,16-17H,5,9-10H2,1-4H3. The molecule has 0 fully saturated rings. The van der Waals surface area contributed by atoms with Crippen LogP contribution < -0.4 is 10.0 Å². The smallest absolute Gasteiger partial charge is 0.240 e. The maximum absolute atomic E-state index is 12.3. The molecule has 0 aromatic heterocycles. The van der Waals surface area contributed by atoms with E-state index in [9.17, 15) is 8.42 Å². The van der Waals surface area contributed by atoms with Gasteiger partial charge in [-0.05, 0) is 51.6 Å². The number of hydrogen-bond donors (Lipinski definition) is 2. The van der Waals surface area contributed by atoms with Gasteiger partial charge >= 0.3 is 0 Å². The molecule has 0 bridgehead atoms. The summed E-state index contributed by atoms with van der Waals surface area (Å²) in [6.07, 6.45) is 0. The lowest BCUT2D eigenvalue weighted by atomic mass is 10.1. The van der Waals surface area contributed by atoms with Crippen LogP contribution in [0.3, 0.4) is 0 Å². The average molecular weight is 335 g/mol. The first-order chi connectivity index (χ1) is 9.72. The number of hydrogen-bond acceptors (Lipinski definition) is 4. The molecule has 0 heterocycles. The fourth-order valence-electron chi connectivity index (χ4n) is 1.84. The van der Waals surface area contributed by atoms with Crippen LogP contribution in [0.15, 0.2) is 23.1 Å². The Morgan fingerprint density at radius 2 is 2.00 bits per heavy atom. The van der Waals surface area contributed by atoms with Gasteiger partial charge in [0.25, 0.3) is 0 Å². The molecule has 0 saturated heterocycles. The summed E-state index contributed by atoms with van der Waals surface area (Å²) in [7, 11) is -1.81. The summed E-state index contributed by atoms with van der Waals surface area (Å²) in [6, 6.07) is 4.67. The molecule has 0 aliphatic rings. The summed E-state index contributed by atoms with van der Waals surface area (Å²) in [6.45, 7) is 6.79. The van der Waals surface area contributed by atoms with Gasteiger partial charge < -0.3 is 10.1 Å². The van der Waals surface area contributed by atoms with Crippen molar-refractivity contribution < 1.29 is 13.2 Å². The Bertz CT molecular complexity index is 574. The van der Waals surface area contributed by atoms with Crippen LogP contribution in [0.2, 0.25) is 5.02 Å². The SMILES string of the molecule is CCOC(C)(C)CNS(=O)(=O)c1ccc(Cl)c(CNC)c1. The van der Waals surface area contributed by atoms with Gasteiger partial charge in [-0.3, -0.25) is 0 Å². The van der Waals surface area contributed by atoms with Crippen LogP contribution in [-0.2, 0) is 21.3 Å². The fraction of sp³-hybridized carbons (Fsp3) is 0.571. The van der Waals surface area contributed by atoms with Gasteiger partial charge in [-0.15, -0.1) is 0 Å². The quantitative estimate of drug-likeness (QED) is 0.764. The molecule has 0 unspecified atom stereocenters. The van der Waals surface area contributed by atoms with Gasteiger partial charge in [-0.2, -0.15) is 0 Å². The summed E-state index contributed by atoms with van der Waals surface area (Å²) >= 11 is 6.04. The molecule has 0 amide bonds. The van der Waals surface area contributed by atoms with Crippen molar-refractivity contribution in [2.45, 2.75) is 37.8 Å². The number of nitrogens with one attached hydrogen (secondary N) is 2. The van der Waals surface area contributed by atoms with Crippen molar-refractivity contribution in [3.05, 3.63) is 28.8 Å². The summed E-state index contributed by atoms with van der Waals surface area (Å²) in [5.41, 5.74) is 0.188. The highest BCUT2D eigenvalue weighted by Crippen LogP contribution is 2.20. The minimum absolute atomic E-state index is 0.199. The third kappa shape index (κ3) is 5.56. The van der Waals surface area contributed by atoms with E-state index in [2.05, 4.69) is 10.0 Å². The predicted molar refractivity (Wildman–Crippen MR) is 85.1 cm³/mol. The lowest BCUT2D eigenvalue weighted by molar-refractivity contribution is -0.00515. The Morgan fingerprint density at radius 1 is 1.33 bits per heavy atom. The summed E-state index contributed by atoms with van der Waals surface area (Å²) in [5, 5.41) is 3.50. The minimum Gasteiger partial charge on any atom is -0.375 e. The van der Waals surface area contributed by atoms with Gasteiger partial charge in [0.15, 0.2) is 0 Å². The third-order valence-corrected chi connectivity index (χ3v) is 4.69. The Hall–Kier alpha value is -0.660. The maximum atomic E-state index is 12.3. The molecule has 7 heteroatoms. The first-order valence-electron chi connectivity index (χ1n) is 6.78. The number of benzene rings is 1. The first-order valence-corrected chi connectivity index (χ1v) is 8.64. The molecule has 21 heavy (non-hydrogen) atoms. The van der Waals surface area contributed by atoms with E-state index in [1.807, 2.05) is 20.8 Å². The molecule has 0 radical (unpaired) electrons. The number of sulfonamides is 1. The normalized spacial score (nSPS) is 12.6. The summed E-state index contributed by atoms with van der Waals surface area (Å²) in [5.74, 6) is 0. The van der Waals surface area contributed by atoms with Gasteiger partial charge in [0.05, 0.1) is 10.5 Å². The van der Waals surface area contributed by atoms with E-state index in [1.165, 1.54) is 6.07 Å². The van der Waals surface area contributed by atoms with Crippen molar-refractivity contribution in [3.63, 3.8) is 0 Å². The van der Waals surface area contributed by atoms with Crippen molar-refractivity contribution >= 4 is 21.6 Å². The molecule has 2 N–H and O–H groups in total. The van der Waals surface area contributed by atoms with Crippen molar-refractivity contribution in [3.8, 4) is 0 Å². The molecular weight excluding hydrogens is 312 g/mol. The Kier molecular flexibility index (Phi) is 6.62. The lowest BCUT2D eigenvalue weighted by Gasteiger charge is -2.24. The fourth-order valence-corrected chi connectivity index (χ4v) is 3.27. The molecule has 5 nitrogen and oxygen atoms in total. The van der Waals surface area contributed by atoms with E-state index < -0.39 is 15.6 Å². The monoisotopic (exact) mass is 334 g/mol. The highest BCUT2D eigenvalue weighted by molar-refractivity contribution is 7.89. The van der Waals surface area contributed by atoms with Crippen LogP contribution in [-0.4, -0.2) is 34.2 Å². The van der Waals surface area contributed by atoms with Crippen molar-refractivity contribution in [1.29, 1.82) is 0 Å². The second kappa shape index (κ2) is 7.56. The van der Waals surface area contributed by atoms with E-state index in [4.69, 9.17) is 16.3 Å². The zero-order valence-electron chi connectivity index (χ0n) is 12.9. The first kappa shape index (κ1) is 18.4. The predicted octanol–water partition coefficient (Wildman–Crippen LogP) is 2.15. The van der Waals surface area contributed by atoms with Gasteiger partial charge in [0, 0.05) is 24.7 Å². The molecule has 0 atom stereocenters. The van der Waals surface area contributed by atoms with Crippen LogP contribution in [0.5, 0.6) is 0 Å². The van der Waals surface area contributed by atoms with E-state index in [-0.39, 0.29) is 11.4 Å². The number of halogens is 1. The van der Waals surface area contributed by atoms with Crippen molar-refractivity contribution in [1.82, 2.24) is 10.0 Å². The molecule has 0 saturated carbocycles. The van der Waals surface area contributed by atoms with Crippen LogP contribution in [0.1, 0.15) is 26.3 Å². The van der Waals surface area contributed by atoms with Crippen molar-refractivity contribution in [2.75, 3.05) is 20.2 Å². The highest BCUT2D eigenvalue weighted by atomic mass is 35.5. The van der Waals surface area contributed by atoms with Gasteiger partial charge in [-0.25, -0.2) is 13.1 Å². The third-order valence-electron chi connectivity index (χ3n) is 2.92. The number of rotatable bonds is 8. The molecule has 1 rings (SSSR count). The Labute approximate surface area is 132 Å². The van der Waals surface area contributed by atoms with Crippen molar-refractivity contribution in [2.24, 2.45) is 0 Å². The Balaban J connectivity index is 2.90. The minimum atomic E-state index is -3.59.